The zero-order chi connectivity index (χ0) is 48.8. The van der Waals surface area contributed by atoms with Crippen LogP contribution in [0, 0.1) is 0 Å². The third-order valence-electron chi connectivity index (χ3n) is 8.75. The second-order valence-electron chi connectivity index (χ2n) is 11.4. The standard InChI is InChI=1S/C48H30O/c1-2-14-31(15-3-1)33-28-29-45-44(30-33)43-27-13-26-42(48(43)49-45)35-19-6-7-20-37(35)47-40-23-10-8-21-38(40)46(39-22-9-11-24-41(39)47)36-25-12-17-32-16-4-5-18-34(32)36/h1-30H/i4D,5D,6D,7D,8D,9D,10D,11D,12D,16D,17D,18D,19D,20D,21D,22D,23D,24D,25D. The molecule has 228 valence electrons. The van der Waals surface area contributed by atoms with Gasteiger partial charge in [-0.25, -0.2) is 0 Å². The van der Waals surface area contributed by atoms with E-state index in [1.165, 1.54) is 6.07 Å². The molecule has 0 bridgehead atoms. The number of furan rings is 1. The number of hydrogen-bond donors (Lipinski definition) is 0. The minimum atomic E-state index is -0.868. The molecule has 1 heterocycles. The number of hydrogen-bond acceptors (Lipinski definition) is 1. The Morgan fingerprint density at radius 1 is 0.367 bits per heavy atom. The molecule has 49 heavy (non-hydrogen) atoms. The van der Waals surface area contributed by atoms with Gasteiger partial charge in [0, 0.05) is 16.3 Å². The van der Waals surface area contributed by atoms with Gasteiger partial charge in [-0.2, -0.15) is 0 Å². The lowest BCUT2D eigenvalue weighted by Gasteiger charge is -2.20. The van der Waals surface area contributed by atoms with Gasteiger partial charge >= 0.3 is 0 Å². The average Bonchev–Trinajstić information content (AvgIpc) is 3.72. The molecule has 0 saturated heterocycles. The van der Waals surface area contributed by atoms with Crippen molar-refractivity contribution in [2.75, 3.05) is 0 Å². The van der Waals surface area contributed by atoms with E-state index in [1.54, 1.807) is 18.2 Å². The largest absolute Gasteiger partial charge is 0.455 e. The van der Waals surface area contributed by atoms with Crippen LogP contribution in [0.2, 0.25) is 0 Å². The Bertz CT molecular complexity index is 3870. The molecule has 10 aromatic rings. The first-order valence-corrected chi connectivity index (χ1v) is 15.3. The van der Waals surface area contributed by atoms with E-state index in [1.807, 2.05) is 42.5 Å². The van der Waals surface area contributed by atoms with Gasteiger partial charge in [0.05, 0.1) is 26.0 Å². The highest BCUT2D eigenvalue weighted by molar-refractivity contribution is 6.24. The van der Waals surface area contributed by atoms with Gasteiger partial charge in [0.25, 0.3) is 0 Å². The Balaban J connectivity index is 1.49. The third kappa shape index (κ3) is 4.33. The second-order valence-corrected chi connectivity index (χ2v) is 11.4. The molecule has 0 saturated carbocycles. The number of benzene rings is 9. The van der Waals surface area contributed by atoms with Crippen molar-refractivity contribution in [2.24, 2.45) is 0 Å². The lowest BCUT2D eigenvalue weighted by Crippen LogP contribution is -1.93. The minimum absolute atomic E-state index is 0.0920. The summed E-state index contributed by atoms with van der Waals surface area (Å²) in [6.07, 6.45) is 0. The van der Waals surface area contributed by atoms with Crippen LogP contribution in [0.3, 0.4) is 0 Å². The normalized spacial score (nSPS) is 17.1. The molecule has 1 nitrogen and oxygen atoms in total. The zero-order valence-corrected chi connectivity index (χ0v) is 25.3. The summed E-state index contributed by atoms with van der Waals surface area (Å²) in [7, 11) is 0. The molecule has 0 N–H and O–H groups in total. The van der Waals surface area contributed by atoms with Crippen molar-refractivity contribution < 1.29 is 30.5 Å². The molecule has 10 rings (SSSR count). The molecule has 0 unspecified atom stereocenters. The minimum Gasteiger partial charge on any atom is -0.455 e. The molecule has 0 atom stereocenters. The van der Waals surface area contributed by atoms with Crippen LogP contribution < -0.4 is 0 Å². The SMILES string of the molecule is [2H]c1c([2H])c([2H])c(-c2c3c([2H])c([2H])c([2H])c([2H])c3c(-c3c([2H])c([2H])c([2H])c4c([2H])c([2H])c([2H])c([2H])c34)c3c([2H])c([2H])c([2H])c([2H])c23)c(-c2cccc3c2oc2ccc(-c4ccccc4)cc23)c1[2H]. The highest BCUT2D eigenvalue weighted by Gasteiger charge is 2.21. The van der Waals surface area contributed by atoms with E-state index in [9.17, 15) is 9.60 Å². The Kier molecular flexibility index (Phi) is 3.34. The van der Waals surface area contributed by atoms with E-state index < -0.39 is 169 Å². The van der Waals surface area contributed by atoms with Crippen molar-refractivity contribution in [1.29, 1.82) is 0 Å². The monoisotopic (exact) mass is 641 g/mol. The first kappa shape index (κ1) is 14.8. The Morgan fingerprint density at radius 2 is 0.959 bits per heavy atom. The predicted octanol–water partition coefficient (Wildman–Crippen LogP) is 13.7. The van der Waals surface area contributed by atoms with Gasteiger partial charge in [0.1, 0.15) is 11.2 Å². The summed E-state index contributed by atoms with van der Waals surface area (Å²) < 4.78 is 179. The van der Waals surface area contributed by atoms with Crippen LogP contribution in [0.4, 0.5) is 0 Å². The fourth-order valence-electron chi connectivity index (χ4n) is 6.63. The van der Waals surface area contributed by atoms with E-state index in [4.69, 9.17) is 20.9 Å². The van der Waals surface area contributed by atoms with Crippen LogP contribution in [-0.4, -0.2) is 0 Å². The van der Waals surface area contributed by atoms with Crippen molar-refractivity contribution in [2.45, 2.75) is 0 Å². The summed E-state index contributed by atoms with van der Waals surface area (Å²) in [4.78, 5) is 0. The van der Waals surface area contributed by atoms with Gasteiger partial charge in [-0.15, -0.1) is 0 Å². The van der Waals surface area contributed by atoms with E-state index in [2.05, 4.69) is 0 Å². The molecule has 9 aromatic carbocycles. The van der Waals surface area contributed by atoms with Crippen LogP contribution in [0.25, 0.3) is 98.8 Å². The van der Waals surface area contributed by atoms with Crippen molar-refractivity contribution >= 4 is 54.3 Å². The van der Waals surface area contributed by atoms with Crippen LogP contribution in [-0.2, 0) is 0 Å². The molecular weight excluding hydrogens is 593 g/mol. The van der Waals surface area contributed by atoms with Crippen molar-refractivity contribution in [3.05, 3.63) is 182 Å². The highest BCUT2D eigenvalue weighted by Crippen LogP contribution is 2.48. The summed E-state index contributed by atoms with van der Waals surface area (Å²) >= 11 is 0. The lowest BCUT2D eigenvalue weighted by molar-refractivity contribution is 0.670. The Labute approximate surface area is 311 Å². The molecule has 0 aliphatic heterocycles. The van der Waals surface area contributed by atoms with Crippen molar-refractivity contribution in [3.63, 3.8) is 0 Å². The van der Waals surface area contributed by atoms with E-state index in [0.717, 1.165) is 11.1 Å². The smallest absolute Gasteiger partial charge is 0.143 e. The van der Waals surface area contributed by atoms with Gasteiger partial charge in [0.15, 0.2) is 0 Å². The Morgan fingerprint density at radius 3 is 1.69 bits per heavy atom. The van der Waals surface area contributed by atoms with Gasteiger partial charge in [0.2, 0.25) is 0 Å². The fourth-order valence-corrected chi connectivity index (χ4v) is 6.63. The van der Waals surface area contributed by atoms with Crippen LogP contribution >= 0.6 is 0 Å². The van der Waals surface area contributed by atoms with Crippen molar-refractivity contribution in [1.82, 2.24) is 0 Å². The van der Waals surface area contributed by atoms with Gasteiger partial charge in [-0.3, -0.25) is 0 Å². The summed E-state index contributed by atoms with van der Waals surface area (Å²) in [5.41, 5.74) is 0.115. The van der Waals surface area contributed by atoms with Crippen LogP contribution in [0.15, 0.2) is 186 Å². The molecule has 0 amide bonds. The summed E-state index contributed by atoms with van der Waals surface area (Å²) in [6.45, 7) is 0. The van der Waals surface area contributed by atoms with E-state index >= 15 is 0 Å². The van der Waals surface area contributed by atoms with Gasteiger partial charge in [-0.1, -0.05) is 169 Å². The van der Waals surface area contributed by atoms with Crippen molar-refractivity contribution in [3.8, 4) is 44.5 Å². The quantitative estimate of drug-likeness (QED) is 0.174. The number of rotatable bonds is 4. The van der Waals surface area contributed by atoms with E-state index in [-0.39, 0.29) is 16.7 Å². The second kappa shape index (κ2) is 11.1. The molecule has 1 aromatic heterocycles. The highest BCUT2D eigenvalue weighted by atomic mass is 16.3. The van der Waals surface area contributed by atoms with Crippen LogP contribution in [0.5, 0.6) is 0 Å². The first-order valence-electron chi connectivity index (χ1n) is 24.8. The average molecular weight is 642 g/mol. The fraction of sp³-hybridized carbons (Fsp3) is 0. The molecule has 0 aliphatic carbocycles. The molecular formula is C48H30O. The molecule has 0 aliphatic rings. The molecule has 1 heteroatoms. The number of fused-ring (bicyclic) bond motifs is 6. The maximum atomic E-state index is 9.63. The topological polar surface area (TPSA) is 13.1 Å². The molecule has 0 spiro atoms. The number of para-hydroxylation sites is 1. The molecule has 0 fully saturated rings. The van der Waals surface area contributed by atoms with Crippen LogP contribution in [0.1, 0.15) is 26.0 Å². The Hall–Kier alpha value is -6.44. The zero-order valence-electron chi connectivity index (χ0n) is 44.3. The molecule has 0 radical (unpaired) electrons. The predicted molar refractivity (Wildman–Crippen MR) is 208 cm³/mol. The summed E-state index contributed by atoms with van der Waals surface area (Å²) in [5, 5.41) is -2.07. The first-order chi connectivity index (χ1) is 32.2. The van der Waals surface area contributed by atoms with E-state index in [0.29, 0.717) is 16.4 Å². The summed E-state index contributed by atoms with van der Waals surface area (Å²) in [6, 6.07) is 4.63. The lowest BCUT2D eigenvalue weighted by atomic mass is 9.83. The summed E-state index contributed by atoms with van der Waals surface area (Å²) in [5.74, 6) is 0. The van der Waals surface area contributed by atoms with Gasteiger partial charge < -0.3 is 4.42 Å². The third-order valence-corrected chi connectivity index (χ3v) is 8.75. The maximum absolute atomic E-state index is 9.63. The van der Waals surface area contributed by atoms with Gasteiger partial charge in [-0.05, 0) is 83.4 Å². The maximum Gasteiger partial charge on any atom is 0.143 e.